The maximum absolute atomic E-state index is 12.0. The van der Waals surface area contributed by atoms with Crippen molar-refractivity contribution in [3.8, 4) is 0 Å². The van der Waals surface area contributed by atoms with E-state index in [1.165, 1.54) is 4.31 Å². The Labute approximate surface area is 129 Å². The van der Waals surface area contributed by atoms with Crippen LogP contribution >= 0.6 is 23.8 Å². The van der Waals surface area contributed by atoms with Crippen LogP contribution in [0.1, 0.15) is 0 Å². The number of hydrogen-bond acceptors (Lipinski definition) is 4. The molecule has 1 aliphatic heterocycles. The zero-order valence-corrected chi connectivity index (χ0v) is 13.2. The summed E-state index contributed by atoms with van der Waals surface area (Å²) in [7, 11) is -3.39. The fraction of sp³-hybridized carbons (Fsp3) is 0.417. The molecule has 1 aromatic carbocycles. The lowest BCUT2D eigenvalue weighted by molar-refractivity contribution is 0.387. The van der Waals surface area contributed by atoms with E-state index in [-0.39, 0.29) is 10.7 Å². The van der Waals surface area contributed by atoms with Crippen LogP contribution in [0.3, 0.4) is 0 Å². The average Bonchev–Trinajstić information content (AvgIpc) is 2.38. The molecule has 5 nitrogen and oxygen atoms in total. The van der Waals surface area contributed by atoms with Gasteiger partial charge < -0.3 is 10.6 Å². The molecule has 8 heteroatoms. The van der Waals surface area contributed by atoms with Crippen LogP contribution in [0.5, 0.6) is 0 Å². The predicted octanol–water partition coefficient (Wildman–Crippen LogP) is 1.08. The van der Waals surface area contributed by atoms with Crippen LogP contribution in [-0.4, -0.2) is 49.6 Å². The lowest BCUT2D eigenvalue weighted by Gasteiger charge is -2.35. The number of nitrogens with two attached hydrogens (primary N) is 1. The Kier molecular flexibility index (Phi) is 4.85. The molecule has 1 fully saturated rings. The first kappa shape index (κ1) is 15.5. The van der Waals surface area contributed by atoms with Crippen LogP contribution < -0.4 is 10.6 Å². The number of para-hydroxylation sites is 1. The van der Waals surface area contributed by atoms with Crippen molar-refractivity contribution in [1.82, 2.24) is 4.31 Å². The molecule has 0 radical (unpaired) electrons. The molecule has 0 bridgehead atoms. The summed E-state index contributed by atoms with van der Waals surface area (Å²) in [6, 6.07) is 7.54. The van der Waals surface area contributed by atoms with Gasteiger partial charge in [0.25, 0.3) is 0 Å². The molecule has 0 unspecified atom stereocenters. The number of halogens is 1. The largest absolute Gasteiger partial charge is 0.392 e. The number of thiocarbonyl (C=S) groups is 1. The molecule has 0 saturated carbocycles. The predicted molar refractivity (Wildman–Crippen MR) is 85.8 cm³/mol. The van der Waals surface area contributed by atoms with Gasteiger partial charge in [0, 0.05) is 26.2 Å². The molecule has 110 valence electrons. The SMILES string of the molecule is NC(=S)CS(=O)(=O)N1CCN(c2ccccc2Cl)CC1. The first-order chi connectivity index (χ1) is 9.40. The van der Waals surface area contributed by atoms with Crippen molar-refractivity contribution in [2.24, 2.45) is 5.73 Å². The monoisotopic (exact) mass is 333 g/mol. The van der Waals surface area contributed by atoms with E-state index >= 15 is 0 Å². The molecule has 0 atom stereocenters. The minimum absolute atomic E-state index is 0.00136. The Morgan fingerprint density at radius 3 is 2.40 bits per heavy atom. The summed E-state index contributed by atoms with van der Waals surface area (Å²) in [5.41, 5.74) is 6.25. The van der Waals surface area contributed by atoms with E-state index in [1.54, 1.807) is 0 Å². The lowest BCUT2D eigenvalue weighted by atomic mass is 10.2. The van der Waals surface area contributed by atoms with E-state index < -0.39 is 10.0 Å². The summed E-state index contributed by atoms with van der Waals surface area (Å²) in [6.07, 6.45) is 0. The number of anilines is 1. The normalized spacial score (nSPS) is 17.1. The Hall–Kier alpha value is -0.890. The molecule has 20 heavy (non-hydrogen) atoms. The third-order valence-corrected chi connectivity index (χ3v) is 5.62. The molecular formula is C12H16ClN3O2S2. The Balaban J connectivity index is 2.03. The van der Waals surface area contributed by atoms with Crippen molar-refractivity contribution in [3.05, 3.63) is 29.3 Å². The number of sulfonamides is 1. The van der Waals surface area contributed by atoms with E-state index in [2.05, 4.69) is 17.1 Å². The van der Waals surface area contributed by atoms with Crippen molar-refractivity contribution in [3.63, 3.8) is 0 Å². The second kappa shape index (κ2) is 6.26. The van der Waals surface area contributed by atoms with Gasteiger partial charge in [0.05, 0.1) is 15.7 Å². The minimum Gasteiger partial charge on any atom is -0.392 e. The minimum atomic E-state index is -3.39. The number of benzene rings is 1. The molecule has 0 aliphatic carbocycles. The molecule has 1 aromatic rings. The van der Waals surface area contributed by atoms with Crippen LogP contribution in [0.15, 0.2) is 24.3 Å². The van der Waals surface area contributed by atoms with Crippen molar-refractivity contribution >= 4 is 44.5 Å². The second-order valence-electron chi connectivity index (χ2n) is 4.56. The smallest absolute Gasteiger partial charge is 0.220 e. The van der Waals surface area contributed by atoms with Gasteiger partial charge in [0.2, 0.25) is 10.0 Å². The molecule has 0 aromatic heterocycles. The highest BCUT2D eigenvalue weighted by atomic mass is 35.5. The molecule has 2 rings (SSSR count). The molecule has 2 N–H and O–H groups in total. The van der Waals surface area contributed by atoms with Crippen molar-refractivity contribution in [2.45, 2.75) is 0 Å². The van der Waals surface area contributed by atoms with Gasteiger partial charge in [0.1, 0.15) is 5.75 Å². The van der Waals surface area contributed by atoms with Crippen LogP contribution in [0.25, 0.3) is 0 Å². The first-order valence-electron chi connectivity index (χ1n) is 6.16. The summed E-state index contributed by atoms with van der Waals surface area (Å²) in [6.45, 7) is 2.02. The van der Waals surface area contributed by atoms with Gasteiger partial charge >= 0.3 is 0 Å². The maximum Gasteiger partial charge on any atom is 0.220 e. The molecule has 1 saturated heterocycles. The van der Waals surface area contributed by atoms with Crippen molar-refractivity contribution in [1.29, 1.82) is 0 Å². The fourth-order valence-electron chi connectivity index (χ4n) is 2.19. The number of hydrogen-bond donors (Lipinski definition) is 1. The van der Waals surface area contributed by atoms with Crippen LogP contribution in [-0.2, 0) is 10.0 Å². The van der Waals surface area contributed by atoms with Crippen LogP contribution in [0.4, 0.5) is 5.69 Å². The third-order valence-electron chi connectivity index (χ3n) is 3.15. The van der Waals surface area contributed by atoms with E-state index in [0.717, 1.165) is 5.69 Å². The Bertz CT molecular complexity index is 598. The maximum atomic E-state index is 12.0. The van der Waals surface area contributed by atoms with E-state index in [4.69, 9.17) is 17.3 Å². The average molecular weight is 334 g/mol. The van der Waals surface area contributed by atoms with Gasteiger partial charge in [0.15, 0.2) is 0 Å². The summed E-state index contributed by atoms with van der Waals surface area (Å²) in [4.78, 5) is 2.08. The summed E-state index contributed by atoms with van der Waals surface area (Å²) in [5.74, 6) is -0.269. The standard InChI is InChI=1S/C12H16ClN3O2S2/c13-10-3-1-2-4-11(10)15-5-7-16(8-6-15)20(17,18)9-12(14)19/h1-4H,5-9H2,(H2,14,19). The summed E-state index contributed by atoms with van der Waals surface area (Å²) >= 11 is 10.8. The molecule has 0 amide bonds. The summed E-state index contributed by atoms with van der Waals surface area (Å²) in [5, 5.41) is 0.673. The first-order valence-corrected chi connectivity index (χ1v) is 8.55. The van der Waals surface area contributed by atoms with E-state index in [1.807, 2.05) is 24.3 Å². The highest BCUT2D eigenvalue weighted by Gasteiger charge is 2.27. The number of rotatable bonds is 4. The second-order valence-corrected chi connectivity index (χ2v) is 7.46. The third kappa shape index (κ3) is 3.60. The van der Waals surface area contributed by atoms with Crippen LogP contribution in [0.2, 0.25) is 5.02 Å². The quantitative estimate of drug-likeness (QED) is 0.835. The summed E-state index contributed by atoms with van der Waals surface area (Å²) < 4.78 is 25.5. The number of nitrogens with zero attached hydrogens (tertiary/aromatic N) is 2. The number of piperazine rings is 1. The van der Waals surface area contributed by atoms with Crippen molar-refractivity contribution < 1.29 is 8.42 Å². The van der Waals surface area contributed by atoms with Gasteiger partial charge in [-0.05, 0) is 12.1 Å². The fourth-order valence-corrected chi connectivity index (χ4v) is 4.15. The zero-order chi connectivity index (χ0) is 14.8. The molecule has 0 spiro atoms. The molecule has 1 heterocycles. The molecule has 1 aliphatic rings. The van der Waals surface area contributed by atoms with Gasteiger partial charge in [-0.15, -0.1) is 0 Å². The van der Waals surface area contributed by atoms with Gasteiger partial charge in [-0.1, -0.05) is 36.0 Å². The Morgan fingerprint density at radius 1 is 1.25 bits per heavy atom. The Morgan fingerprint density at radius 2 is 1.85 bits per heavy atom. The van der Waals surface area contributed by atoms with Crippen LogP contribution in [0, 0.1) is 0 Å². The lowest BCUT2D eigenvalue weighted by Crippen LogP contribution is -2.50. The van der Waals surface area contributed by atoms with E-state index in [9.17, 15) is 8.42 Å². The van der Waals surface area contributed by atoms with Gasteiger partial charge in [-0.3, -0.25) is 0 Å². The van der Waals surface area contributed by atoms with Crippen molar-refractivity contribution in [2.75, 3.05) is 36.8 Å². The van der Waals surface area contributed by atoms with Gasteiger partial charge in [-0.2, -0.15) is 4.31 Å². The van der Waals surface area contributed by atoms with Gasteiger partial charge in [-0.25, -0.2) is 8.42 Å². The highest BCUT2D eigenvalue weighted by Crippen LogP contribution is 2.26. The zero-order valence-electron chi connectivity index (χ0n) is 10.8. The molecular weight excluding hydrogens is 318 g/mol. The topological polar surface area (TPSA) is 66.6 Å². The highest BCUT2D eigenvalue weighted by molar-refractivity contribution is 7.92. The van der Waals surface area contributed by atoms with E-state index in [0.29, 0.717) is 31.2 Å².